The highest BCUT2D eigenvalue weighted by atomic mass is 35.5. The minimum atomic E-state index is -3.89. The van der Waals surface area contributed by atoms with E-state index in [1.165, 1.54) is 11.0 Å². The van der Waals surface area contributed by atoms with Crippen LogP contribution in [-0.4, -0.2) is 63.7 Å². The first-order valence-electron chi connectivity index (χ1n) is 12.3. The molecular weight excluding hydrogens is 553 g/mol. The highest BCUT2D eigenvalue weighted by Gasteiger charge is 2.32. The quantitative estimate of drug-likeness (QED) is 0.425. The van der Waals surface area contributed by atoms with Gasteiger partial charge in [-0.3, -0.25) is 13.9 Å². The summed E-state index contributed by atoms with van der Waals surface area (Å²) in [5.41, 5.74) is 0.816. The molecule has 2 amide bonds. The summed E-state index contributed by atoms with van der Waals surface area (Å²) in [5.74, 6) is 0.195. The Bertz CT molecular complexity index is 1270. The average molecular weight is 587 g/mol. The number of hydrogen-bond acceptors (Lipinski definition) is 6. The maximum absolute atomic E-state index is 13.8. The summed E-state index contributed by atoms with van der Waals surface area (Å²) in [7, 11) is -3.89. The van der Waals surface area contributed by atoms with Gasteiger partial charge in [0.25, 0.3) is 0 Å². The van der Waals surface area contributed by atoms with Gasteiger partial charge in [0, 0.05) is 29.2 Å². The van der Waals surface area contributed by atoms with E-state index < -0.39 is 28.5 Å². The zero-order valence-electron chi connectivity index (χ0n) is 21.9. The largest absolute Gasteiger partial charge is 0.486 e. The number of halogens is 2. The summed E-state index contributed by atoms with van der Waals surface area (Å²) in [5, 5.41) is 3.64. The Kier molecular flexibility index (Phi) is 10.1. The fourth-order valence-corrected chi connectivity index (χ4v) is 5.29. The molecule has 208 valence electrons. The number of benzene rings is 2. The first-order chi connectivity index (χ1) is 17.9. The molecule has 0 aromatic heterocycles. The number of rotatable bonds is 11. The molecule has 0 fully saturated rings. The molecular formula is C26H33Cl2N3O6S. The Morgan fingerprint density at radius 2 is 1.74 bits per heavy atom. The summed E-state index contributed by atoms with van der Waals surface area (Å²) < 4.78 is 37.8. The second-order valence-corrected chi connectivity index (χ2v) is 12.2. The van der Waals surface area contributed by atoms with Crippen molar-refractivity contribution >= 4 is 50.7 Å². The predicted octanol–water partition coefficient (Wildman–Crippen LogP) is 4.11. The number of amides is 2. The van der Waals surface area contributed by atoms with Gasteiger partial charge < -0.3 is 19.7 Å². The molecule has 0 radical (unpaired) electrons. The van der Waals surface area contributed by atoms with Gasteiger partial charge in [0.2, 0.25) is 21.8 Å². The van der Waals surface area contributed by atoms with Crippen LogP contribution in [0.4, 0.5) is 5.69 Å². The Balaban J connectivity index is 1.96. The van der Waals surface area contributed by atoms with Crippen molar-refractivity contribution in [3.8, 4) is 11.5 Å². The van der Waals surface area contributed by atoms with Gasteiger partial charge in [-0.1, -0.05) is 50.0 Å². The molecule has 9 nitrogen and oxygen atoms in total. The third-order valence-corrected chi connectivity index (χ3v) is 7.65. The van der Waals surface area contributed by atoms with Crippen molar-refractivity contribution in [1.82, 2.24) is 10.2 Å². The summed E-state index contributed by atoms with van der Waals surface area (Å²) in [6.07, 6.45) is 1.33. The van der Waals surface area contributed by atoms with Crippen molar-refractivity contribution in [3.63, 3.8) is 0 Å². The molecule has 0 unspecified atom stereocenters. The molecule has 1 aliphatic heterocycles. The molecule has 0 saturated heterocycles. The van der Waals surface area contributed by atoms with Crippen LogP contribution in [0.1, 0.15) is 32.8 Å². The molecule has 0 bridgehead atoms. The molecule has 3 rings (SSSR count). The topological polar surface area (TPSA) is 105 Å². The number of anilines is 1. The van der Waals surface area contributed by atoms with Gasteiger partial charge in [0.15, 0.2) is 11.5 Å². The summed E-state index contributed by atoms with van der Waals surface area (Å²) >= 11 is 12.4. The molecule has 1 heterocycles. The standard InChI is InChI=1S/C26H33Cl2N3O6S/c1-5-22(26(33)29-14-17(2)3)30(15-18-6-7-19(27)12-21(18)28)25(32)16-31(38(4,34)35)20-8-9-23-24(13-20)37-11-10-36-23/h6-9,12-13,17,22H,5,10-11,14-16H2,1-4H3,(H,29,33)/t22-/m0/s1. The smallest absolute Gasteiger partial charge is 0.244 e. The third-order valence-electron chi connectivity index (χ3n) is 5.92. The van der Waals surface area contributed by atoms with Crippen molar-refractivity contribution in [3.05, 3.63) is 52.0 Å². The van der Waals surface area contributed by atoms with Crippen molar-refractivity contribution in [1.29, 1.82) is 0 Å². The molecule has 1 atom stereocenters. The normalized spacial score (nSPS) is 13.7. The van der Waals surface area contributed by atoms with E-state index in [1.54, 1.807) is 37.3 Å². The van der Waals surface area contributed by atoms with Crippen LogP contribution >= 0.6 is 23.2 Å². The monoisotopic (exact) mass is 585 g/mol. The van der Waals surface area contributed by atoms with Gasteiger partial charge in [-0.05, 0) is 42.2 Å². The zero-order chi connectivity index (χ0) is 28.0. The number of sulfonamides is 1. The van der Waals surface area contributed by atoms with Gasteiger partial charge in [-0.25, -0.2) is 8.42 Å². The minimum absolute atomic E-state index is 0.0127. The van der Waals surface area contributed by atoms with E-state index in [2.05, 4.69) is 5.32 Å². The highest BCUT2D eigenvalue weighted by Crippen LogP contribution is 2.35. The average Bonchev–Trinajstić information content (AvgIpc) is 2.86. The van der Waals surface area contributed by atoms with Crippen LogP contribution in [0.5, 0.6) is 11.5 Å². The lowest BCUT2D eigenvalue weighted by molar-refractivity contribution is -0.140. The van der Waals surface area contributed by atoms with Crippen LogP contribution in [0.2, 0.25) is 10.0 Å². The van der Waals surface area contributed by atoms with E-state index in [4.69, 9.17) is 32.7 Å². The van der Waals surface area contributed by atoms with Crippen molar-refractivity contribution in [2.24, 2.45) is 5.92 Å². The molecule has 2 aromatic carbocycles. The number of carbonyl (C=O) groups is 2. The molecule has 1 N–H and O–H groups in total. The van der Waals surface area contributed by atoms with Crippen molar-refractivity contribution in [2.45, 2.75) is 39.8 Å². The molecule has 38 heavy (non-hydrogen) atoms. The molecule has 0 aliphatic carbocycles. The predicted molar refractivity (Wildman–Crippen MR) is 149 cm³/mol. The molecule has 12 heteroatoms. The first-order valence-corrected chi connectivity index (χ1v) is 14.9. The fourth-order valence-electron chi connectivity index (χ4n) is 3.98. The lowest BCUT2D eigenvalue weighted by atomic mass is 10.1. The van der Waals surface area contributed by atoms with E-state index in [9.17, 15) is 18.0 Å². The molecule has 1 aliphatic rings. The van der Waals surface area contributed by atoms with Crippen LogP contribution in [-0.2, 0) is 26.2 Å². The lowest BCUT2D eigenvalue weighted by Crippen LogP contribution is -2.52. The SMILES string of the molecule is CC[C@@H](C(=O)NCC(C)C)N(Cc1ccc(Cl)cc1Cl)C(=O)CN(c1ccc2c(c1)OCCO2)S(C)(=O)=O. The summed E-state index contributed by atoms with van der Waals surface area (Å²) in [6.45, 7) is 6.33. The van der Waals surface area contributed by atoms with Gasteiger partial charge >= 0.3 is 0 Å². The Labute approximate surface area is 234 Å². The summed E-state index contributed by atoms with van der Waals surface area (Å²) in [6, 6.07) is 8.70. The van der Waals surface area contributed by atoms with Crippen molar-refractivity contribution < 1.29 is 27.5 Å². The highest BCUT2D eigenvalue weighted by molar-refractivity contribution is 7.92. The van der Waals surface area contributed by atoms with Crippen molar-refractivity contribution in [2.75, 3.05) is 36.9 Å². The number of fused-ring (bicyclic) bond motifs is 1. The van der Waals surface area contributed by atoms with Crippen LogP contribution in [0, 0.1) is 5.92 Å². The zero-order valence-corrected chi connectivity index (χ0v) is 24.2. The maximum atomic E-state index is 13.8. The van der Waals surface area contributed by atoms with Crippen LogP contribution < -0.4 is 19.1 Å². The Morgan fingerprint density at radius 1 is 1.05 bits per heavy atom. The second-order valence-electron chi connectivity index (χ2n) is 9.42. The lowest BCUT2D eigenvalue weighted by Gasteiger charge is -2.33. The van der Waals surface area contributed by atoms with Crippen LogP contribution in [0.15, 0.2) is 36.4 Å². The number of hydrogen-bond donors (Lipinski definition) is 1. The van der Waals surface area contributed by atoms with E-state index in [0.717, 1.165) is 10.6 Å². The van der Waals surface area contributed by atoms with Gasteiger partial charge in [-0.2, -0.15) is 0 Å². The van der Waals surface area contributed by atoms with E-state index in [1.807, 2.05) is 13.8 Å². The fraction of sp³-hybridized carbons (Fsp3) is 0.462. The van der Waals surface area contributed by atoms with Gasteiger partial charge in [0.05, 0.1) is 11.9 Å². The van der Waals surface area contributed by atoms with Gasteiger partial charge in [-0.15, -0.1) is 0 Å². The minimum Gasteiger partial charge on any atom is -0.486 e. The second kappa shape index (κ2) is 12.9. The van der Waals surface area contributed by atoms with Crippen LogP contribution in [0.3, 0.4) is 0 Å². The van der Waals surface area contributed by atoms with E-state index in [0.29, 0.717) is 53.3 Å². The number of nitrogens with one attached hydrogen (secondary N) is 1. The number of carbonyl (C=O) groups excluding carboxylic acids is 2. The van der Waals surface area contributed by atoms with Gasteiger partial charge in [0.1, 0.15) is 25.8 Å². The molecule has 2 aromatic rings. The maximum Gasteiger partial charge on any atom is 0.244 e. The number of ether oxygens (including phenoxy) is 2. The van der Waals surface area contributed by atoms with E-state index in [-0.39, 0.29) is 24.1 Å². The molecule has 0 spiro atoms. The van der Waals surface area contributed by atoms with E-state index >= 15 is 0 Å². The first kappa shape index (κ1) is 29.9. The summed E-state index contributed by atoms with van der Waals surface area (Å²) in [4.78, 5) is 28.3. The molecule has 0 saturated carbocycles. The van der Waals surface area contributed by atoms with Crippen LogP contribution in [0.25, 0.3) is 0 Å². The Morgan fingerprint density at radius 3 is 2.34 bits per heavy atom. The Hall–Kier alpha value is -2.69. The number of nitrogens with zero attached hydrogens (tertiary/aromatic N) is 2. The third kappa shape index (κ3) is 7.68.